The molecule has 0 saturated carbocycles. The number of amides is 2. The van der Waals surface area contributed by atoms with Crippen molar-refractivity contribution in [3.8, 4) is 5.75 Å². The normalized spacial score (nSPS) is 10.0. The predicted octanol–water partition coefficient (Wildman–Crippen LogP) is 2.50. The Balaban J connectivity index is 1.73. The van der Waals surface area contributed by atoms with Gasteiger partial charge in [-0.15, -0.1) is 0 Å². The van der Waals surface area contributed by atoms with E-state index in [1.807, 2.05) is 54.3 Å². The maximum Gasteiger partial charge on any atom is 0.276 e. The van der Waals surface area contributed by atoms with Crippen molar-refractivity contribution in [1.29, 1.82) is 0 Å². The molecule has 0 fully saturated rings. The van der Waals surface area contributed by atoms with Gasteiger partial charge in [0, 0.05) is 16.7 Å². The Bertz CT molecular complexity index is 692. The van der Waals surface area contributed by atoms with E-state index in [4.69, 9.17) is 4.74 Å². The van der Waals surface area contributed by atoms with E-state index in [0.29, 0.717) is 12.3 Å². The van der Waals surface area contributed by atoms with E-state index in [1.54, 1.807) is 12.1 Å². The van der Waals surface area contributed by atoms with Gasteiger partial charge in [-0.05, 0) is 43.3 Å². The summed E-state index contributed by atoms with van der Waals surface area (Å²) in [7, 11) is 0. The van der Waals surface area contributed by atoms with Crippen molar-refractivity contribution in [2.75, 3.05) is 24.6 Å². The topological polar surface area (TPSA) is 70.7 Å². The van der Waals surface area contributed by atoms with Crippen molar-refractivity contribution in [3.63, 3.8) is 0 Å². The molecule has 2 aromatic rings. The molecule has 2 N–H and O–H groups in total. The lowest BCUT2D eigenvalue weighted by Crippen LogP contribution is -2.47. The van der Waals surface area contributed by atoms with E-state index >= 15 is 0 Å². The van der Waals surface area contributed by atoms with Gasteiger partial charge in [-0.3, -0.25) is 20.4 Å². The molecule has 0 atom stereocenters. The van der Waals surface area contributed by atoms with Crippen molar-refractivity contribution in [3.05, 3.63) is 59.1 Å². The minimum atomic E-state index is -0.431. The highest BCUT2D eigenvalue weighted by molar-refractivity contribution is 9.10. The van der Waals surface area contributed by atoms with Crippen molar-refractivity contribution in [1.82, 2.24) is 10.9 Å². The first kappa shape index (κ1) is 18.8. The summed E-state index contributed by atoms with van der Waals surface area (Å²) in [5.74, 6) is -0.160. The number of hydrazine groups is 1. The fourth-order valence-corrected chi connectivity index (χ4v) is 2.36. The highest BCUT2D eigenvalue weighted by Gasteiger charge is 2.11. The van der Waals surface area contributed by atoms with E-state index in [0.717, 1.165) is 10.2 Å². The summed E-state index contributed by atoms with van der Waals surface area (Å²) in [4.78, 5) is 25.6. The lowest BCUT2D eigenvalue weighted by molar-refractivity contribution is -0.129. The van der Waals surface area contributed by atoms with E-state index < -0.39 is 5.91 Å². The molecular weight excluding hydrogens is 386 g/mol. The number of benzene rings is 2. The van der Waals surface area contributed by atoms with E-state index in [1.165, 1.54) is 0 Å². The number of para-hydroxylation sites is 1. The number of hydrogen-bond acceptors (Lipinski definition) is 4. The molecule has 0 aromatic heterocycles. The first-order chi connectivity index (χ1) is 12.1. The molecule has 25 heavy (non-hydrogen) atoms. The zero-order valence-electron chi connectivity index (χ0n) is 13.9. The quantitative estimate of drug-likeness (QED) is 0.694. The van der Waals surface area contributed by atoms with E-state index in [-0.39, 0.29) is 19.1 Å². The molecule has 2 aromatic carbocycles. The summed E-state index contributed by atoms with van der Waals surface area (Å²) in [5, 5.41) is 0. The number of nitrogens with zero attached hydrogens (tertiary/aromatic N) is 1. The highest BCUT2D eigenvalue weighted by atomic mass is 79.9. The van der Waals surface area contributed by atoms with E-state index in [2.05, 4.69) is 26.8 Å². The summed E-state index contributed by atoms with van der Waals surface area (Å²) in [6.07, 6.45) is 0. The van der Waals surface area contributed by atoms with Gasteiger partial charge in [0.2, 0.25) is 0 Å². The molecule has 0 saturated heterocycles. The van der Waals surface area contributed by atoms with Crippen LogP contribution in [0.2, 0.25) is 0 Å². The van der Waals surface area contributed by atoms with Crippen molar-refractivity contribution < 1.29 is 14.3 Å². The van der Waals surface area contributed by atoms with Crippen LogP contribution in [0.5, 0.6) is 5.75 Å². The first-order valence-corrected chi connectivity index (χ1v) is 8.64. The molecule has 0 radical (unpaired) electrons. The Kier molecular flexibility index (Phi) is 7.28. The zero-order valence-corrected chi connectivity index (χ0v) is 15.5. The second-order valence-electron chi connectivity index (χ2n) is 5.19. The second-order valence-corrected chi connectivity index (χ2v) is 6.10. The molecule has 6 nitrogen and oxygen atoms in total. The first-order valence-electron chi connectivity index (χ1n) is 7.84. The number of likely N-dealkylation sites (N-methyl/N-ethyl adjacent to an activating group) is 1. The van der Waals surface area contributed by atoms with Crippen molar-refractivity contribution in [2.45, 2.75) is 6.92 Å². The molecule has 0 bridgehead atoms. The number of carbonyl (C=O) groups excluding carboxylic acids is 2. The number of carbonyl (C=O) groups is 2. The number of ether oxygens (including phenoxy) is 1. The third-order valence-corrected chi connectivity index (χ3v) is 3.89. The fraction of sp³-hybridized carbons (Fsp3) is 0.222. The summed E-state index contributed by atoms with van der Waals surface area (Å²) in [6, 6.07) is 16.7. The average Bonchev–Trinajstić information content (AvgIpc) is 2.64. The number of hydrogen-bond donors (Lipinski definition) is 2. The Morgan fingerprint density at radius 1 is 1.00 bits per heavy atom. The largest absolute Gasteiger partial charge is 0.484 e. The van der Waals surface area contributed by atoms with Crippen molar-refractivity contribution >= 4 is 33.4 Å². The van der Waals surface area contributed by atoms with Crippen LogP contribution in [-0.4, -0.2) is 31.5 Å². The maximum absolute atomic E-state index is 12.0. The standard InChI is InChI=1S/C18H20BrN3O3/c1-2-22(15-6-4-3-5-7-15)12-17(23)20-21-18(24)13-25-16-10-8-14(19)9-11-16/h3-11H,2,12-13H2,1H3,(H,20,23)(H,21,24). The Hall–Kier alpha value is -2.54. The van der Waals surface area contributed by atoms with E-state index in [9.17, 15) is 9.59 Å². The Labute approximate surface area is 155 Å². The minimum Gasteiger partial charge on any atom is -0.484 e. The van der Waals surface area contributed by atoms with Gasteiger partial charge in [-0.25, -0.2) is 0 Å². The SMILES string of the molecule is CCN(CC(=O)NNC(=O)COc1ccc(Br)cc1)c1ccccc1. The maximum atomic E-state index is 12.0. The van der Waals surface area contributed by atoms with Crippen LogP contribution in [0.4, 0.5) is 5.69 Å². The lowest BCUT2D eigenvalue weighted by Gasteiger charge is -2.22. The second kappa shape index (κ2) is 9.68. The molecule has 132 valence electrons. The predicted molar refractivity (Wildman–Crippen MR) is 100 cm³/mol. The Morgan fingerprint density at radius 2 is 1.64 bits per heavy atom. The molecule has 0 aliphatic rings. The molecule has 2 amide bonds. The van der Waals surface area contributed by atoms with Crippen molar-refractivity contribution in [2.24, 2.45) is 0 Å². The number of nitrogens with one attached hydrogen (secondary N) is 2. The minimum absolute atomic E-state index is 0.147. The third-order valence-electron chi connectivity index (χ3n) is 3.36. The molecule has 0 spiro atoms. The number of anilines is 1. The number of rotatable bonds is 7. The smallest absolute Gasteiger partial charge is 0.276 e. The van der Waals surface area contributed by atoms with Gasteiger partial charge >= 0.3 is 0 Å². The highest BCUT2D eigenvalue weighted by Crippen LogP contribution is 2.15. The van der Waals surface area contributed by atoms with Gasteiger partial charge < -0.3 is 9.64 Å². The molecule has 0 heterocycles. The van der Waals surface area contributed by atoms with Gasteiger partial charge in [0.25, 0.3) is 11.8 Å². The van der Waals surface area contributed by atoms with Gasteiger partial charge in [-0.2, -0.15) is 0 Å². The molecule has 7 heteroatoms. The molecular formula is C18H20BrN3O3. The molecule has 0 unspecified atom stereocenters. The molecule has 2 rings (SSSR count). The summed E-state index contributed by atoms with van der Waals surface area (Å²) >= 11 is 3.32. The number of halogens is 1. The van der Waals surface area contributed by atoms with Crippen LogP contribution < -0.4 is 20.5 Å². The monoisotopic (exact) mass is 405 g/mol. The van der Waals surface area contributed by atoms with Crippen LogP contribution in [0.15, 0.2) is 59.1 Å². The van der Waals surface area contributed by atoms with Crippen LogP contribution in [0, 0.1) is 0 Å². The van der Waals surface area contributed by atoms with Gasteiger partial charge in [0.15, 0.2) is 6.61 Å². The Morgan fingerprint density at radius 3 is 2.28 bits per heavy atom. The summed E-state index contributed by atoms with van der Waals surface area (Å²) < 4.78 is 6.26. The molecule has 0 aliphatic carbocycles. The van der Waals surface area contributed by atoms with Crippen LogP contribution in [0.25, 0.3) is 0 Å². The molecule has 0 aliphatic heterocycles. The van der Waals surface area contributed by atoms with Crippen LogP contribution in [-0.2, 0) is 9.59 Å². The van der Waals surface area contributed by atoms with Gasteiger partial charge in [0.05, 0.1) is 6.54 Å². The van der Waals surface area contributed by atoms with Crippen LogP contribution in [0.1, 0.15) is 6.92 Å². The fourth-order valence-electron chi connectivity index (χ4n) is 2.09. The van der Waals surface area contributed by atoms with Crippen LogP contribution >= 0.6 is 15.9 Å². The summed E-state index contributed by atoms with van der Waals surface area (Å²) in [6.45, 7) is 2.61. The third kappa shape index (κ3) is 6.46. The zero-order chi connectivity index (χ0) is 18.1. The lowest BCUT2D eigenvalue weighted by atomic mass is 10.3. The summed E-state index contributed by atoms with van der Waals surface area (Å²) in [5.41, 5.74) is 5.69. The van der Waals surface area contributed by atoms with Gasteiger partial charge in [-0.1, -0.05) is 34.1 Å². The van der Waals surface area contributed by atoms with Crippen LogP contribution in [0.3, 0.4) is 0 Å². The van der Waals surface area contributed by atoms with Gasteiger partial charge in [0.1, 0.15) is 5.75 Å². The average molecular weight is 406 g/mol.